The van der Waals surface area contributed by atoms with E-state index in [9.17, 15) is 14.7 Å². The number of benzene rings is 2. The van der Waals surface area contributed by atoms with Crippen LogP contribution in [0.4, 0.5) is 5.69 Å². The monoisotopic (exact) mass is 481 g/mol. The van der Waals surface area contributed by atoms with E-state index >= 15 is 0 Å². The molecule has 0 aliphatic carbocycles. The topological polar surface area (TPSA) is 66.8 Å². The summed E-state index contributed by atoms with van der Waals surface area (Å²) in [6, 6.07) is 13.2. The van der Waals surface area contributed by atoms with Crippen molar-refractivity contribution in [1.29, 1.82) is 0 Å². The van der Waals surface area contributed by atoms with Crippen molar-refractivity contribution >= 4 is 46.1 Å². The van der Waals surface area contributed by atoms with Crippen LogP contribution in [-0.4, -0.2) is 23.4 Å². The molecular formula is C26H24ClNO4S. The Labute approximate surface area is 201 Å². The molecule has 33 heavy (non-hydrogen) atoms. The summed E-state index contributed by atoms with van der Waals surface area (Å²) < 4.78 is 5.73. The summed E-state index contributed by atoms with van der Waals surface area (Å²) in [4.78, 5) is 28.7. The standard InChI is InChI=1S/C26H24ClNO4S/c1-4-12-32-20-10-5-17(14-16(20)3)23(29)21-22(25-15(2)11-13-33-25)28(26(31)24(21)30)19-8-6-18(27)7-9-19/h5-11,13-14,22,29H,4,12H2,1-3H3/b23-21-. The summed E-state index contributed by atoms with van der Waals surface area (Å²) in [7, 11) is 0. The van der Waals surface area contributed by atoms with Crippen molar-refractivity contribution < 1.29 is 19.4 Å². The third-order valence-corrected chi connectivity index (χ3v) is 6.93. The van der Waals surface area contributed by atoms with Gasteiger partial charge in [0.25, 0.3) is 11.7 Å². The fraction of sp³-hybridized carbons (Fsp3) is 0.231. The molecule has 1 aliphatic heterocycles. The zero-order valence-electron chi connectivity index (χ0n) is 18.6. The second kappa shape index (κ2) is 9.41. The molecule has 2 aromatic carbocycles. The fourth-order valence-electron chi connectivity index (χ4n) is 3.94. The first-order valence-electron chi connectivity index (χ1n) is 10.7. The van der Waals surface area contributed by atoms with Gasteiger partial charge in [-0.2, -0.15) is 0 Å². The molecule has 0 bridgehead atoms. The summed E-state index contributed by atoms with van der Waals surface area (Å²) in [6.45, 7) is 6.44. The summed E-state index contributed by atoms with van der Waals surface area (Å²) >= 11 is 7.48. The van der Waals surface area contributed by atoms with E-state index in [1.807, 2.05) is 32.2 Å². The quantitative estimate of drug-likeness (QED) is 0.250. The highest BCUT2D eigenvalue weighted by molar-refractivity contribution is 7.10. The molecule has 1 fully saturated rings. The number of rotatable bonds is 6. The average Bonchev–Trinajstić information content (AvgIpc) is 3.33. The lowest BCUT2D eigenvalue weighted by molar-refractivity contribution is -0.132. The molecule has 1 atom stereocenters. The average molecular weight is 482 g/mol. The molecule has 1 aromatic heterocycles. The number of amides is 1. The van der Waals surface area contributed by atoms with Gasteiger partial charge in [0.15, 0.2) is 0 Å². The SMILES string of the molecule is CCCOc1ccc(/C(O)=C2/C(=O)C(=O)N(c3ccc(Cl)cc3)C2c2sccc2C)cc1C. The molecule has 3 aromatic rings. The number of aliphatic hydroxyl groups is 1. The minimum Gasteiger partial charge on any atom is -0.507 e. The van der Waals surface area contributed by atoms with E-state index in [1.54, 1.807) is 42.5 Å². The smallest absolute Gasteiger partial charge is 0.300 e. The van der Waals surface area contributed by atoms with Crippen molar-refractivity contribution in [2.75, 3.05) is 11.5 Å². The van der Waals surface area contributed by atoms with Gasteiger partial charge in [-0.25, -0.2) is 0 Å². The number of ether oxygens (including phenoxy) is 1. The zero-order valence-corrected chi connectivity index (χ0v) is 20.2. The number of aryl methyl sites for hydroxylation is 2. The van der Waals surface area contributed by atoms with Gasteiger partial charge in [0, 0.05) is 21.2 Å². The summed E-state index contributed by atoms with van der Waals surface area (Å²) in [5.41, 5.74) is 2.85. The Balaban J connectivity index is 1.86. The molecule has 0 radical (unpaired) electrons. The molecular weight excluding hydrogens is 458 g/mol. The maximum Gasteiger partial charge on any atom is 0.300 e. The molecule has 2 heterocycles. The highest BCUT2D eigenvalue weighted by atomic mass is 35.5. The first kappa shape index (κ1) is 23.1. The van der Waals surface area contributed by atoms with Gasteiger partial charge in [-0.1, -0.05) is 18.5 Å². The van der Waals surface area contributed by atoms with Gasteiger partial charge in [0.2, 0.25) is 0 Å². The number of nitrogens with zero attached hydrogens (tertiary/aromatic N) is 1. The minimum absolute atomic E-state index is 0.0714. The van der Waals surface area contributed by atoms with Crippen LogP contribution in [0.1, 0.15) is 41.0 Å². The molecule has 0 saturated carbocycles. The number of carbonyl (C=O) groups is 2. The molecule has 0 spiro atoms. The number of hydrogen-bond acceptors (Lipinski definition) is 5. The molecule has 4 rings (SSSR count). The van der Waals surface area contributed by atoms with Crippen LogP contribution in [0, 0.1) is 13.8 Å². The maximum absolute atomic E-state index is 13.2. The van der Waals surface area contributed by atoms with Crippen LogP contribution in [0.5, 0.6) is 5.75 Å². The normalized spacial score (nSPS) is 17.6. The number of anilines is 1. The van der Waals surface area contributed by atoms with Crippen molar-refractivity contribution in [3.05, 3.63) is 86.1 Å². The number of hydrogen-bond donors (Lipinski definition) is 1. The van der Waals surface area contributed by atoms with Crippen LogP contribution in [0.3, 0.4) is 0 Å². The summed E-state index contributed by atoms with van der Waals surface area (Å²) in [6.07, 6.45) is 0.884. The van der Waals surface area contributed by atoms with Crippen LogP contribution in [-0.2, 0) is 9.59 Å². The number of halogens is 1. The van der Waals surface area contributed by atoms with E-state index in [-0.39, 0.29) is 11.3 Å². The van der Waals surface area contributed by atoms with Gasteiger partial charge in [-0.3, -0.25) is 14.5 Å². The molecule has 1 saturated heterocycles. The number of Topliss-reactive ketones (excluding diaryl/α,β-unsaturated/α-hetero) is 1. The van der Waals surface area contributed by atoms with Crippen molar-refractivity contribution in [1.82, 2.24) is 0 Å². The van der Waals surface area contributed by atoms with Crippen LogP contribution in [0.2, 0.25) is 5.02 Å². The fourth-order valence-corrected chi connectivity index (χ4v) is 5.09. The Kier molecular flexibility index (Phi) is 6.58. The number of ketones is 1. The highest BCUT2D eigenvalue weighted by Crippen LogP contribution is 2.45. The second-order valence-electron chi connectivity index (χ2n) is 7.94. The Morgan fingerprint density at radius 1 is 1.09 bits per heavy atom. The molecule has 1 N–H and O–H groups in total. The molecule has 1 aliphatic rings. The van der Waals surface area contributed by atoms with E-state index in [2.05, 4.69) is 0 Å². The third kappa shape index (κ3) is 4.28. The Morgan fingerprint density at radius 3 is 2.42 bits per heavy atom. The number of thiophene rings is 1. The van der Waals surface area contributed by atoms with E-state index in [1.165, 1.54) is 16.2 Å². The van der Waals surface area contributed by atoms with Gasteiger partial charge in [0.05, 0.1) is 12.2 Å². The highest BCUT2D eigenvalue weighted by Gasteiger charge is 2.47. The molecule has 7 heteroatoms. The lowest BCUT2D eigenvalue weighted by atomic mass is 9.97. The van der Waals surface area contributed by atoms with Gasteiger partial charge < -0.3 is 9.84 Å². The van der Waals surface area contributed by atoms with E-state index in [4.69, 9.17) is 16.3 Å². The summed E-state index contributed by atoms with van der Waals surface area (Å²) in [5.74, 6) is -0.881. The first-order chi connectivity index (χ1) is 15.8. The lowest BCUT2D eigenvalue weighted by Gasteiger charge is -2.25. The van der Waals surface area contributed by atoms with Gasteiger partial charge >= 0.3 is 0 Å². The molecule has 1 unspecified atom stereocenters. The van der Waals surface area contributed by atoms with Gasteiger partial charge in [0.1, 0.15) is 17.6 Å². The van der Waals surface area contributed by atoms with Crippen LogP contribution in [0.25, 0.3) is 5.76 Å². The van der Waals surface area contributed by atoms with Crippen molar-refractivity contribution in [2.45, 2.75) is 33.2 Å². The number of aliphatic hydroxyl groups excluding tert-OH is 1. The van der Waals surface area contributed by atoms with E-state index in [0.717, 1.165) is 28.2 Å². The summed E-state index contributed by atoms with van der Waals surface area (Å²) in [5, 5.41) is 13.7. The van der Waals surface area contributed by atoms with Crippen LogP contribution in [0.15, 0.2) is 59.5 Å². The van der Waals surface area contributed by atoms with Gasteiger partial charge in [-0.05, 0) is 85.3 Å². The predicted molar refractivity (Wildman–Crippen MR) is 132 cm³/mol. The maximum atomic E-state index is 13.2. The molecule has 1 amide bonds. The first-order valence-corrected chi connectivity index (χ1v) is 11.9. The Bertz CT molecular complexity index is 1250. The van der Waals surface area contributed by atoms with Gasteiger partial charge in [-0.15, -0.1) is 11.3 Å². The third-order valence-electron chi connectivity index (χ3n) is 5.61. The van der Waals surface area contributed by atoms with E-state index in [0.29, 0.717) is 22.9 Å². The number of carbonyl (C=O) groups excluding carboxylic acids is 2. The van der Waals surface area contributed by atoms with E-state index < -0.39 is 17.7 Å². The minimum atomic E-state index is -0.734. The molecule has 5 nitrogen and oxygen atoms in total. The molecule has 170 valence electrons. The lowest BCUT2D eigenvalue weighted by Crippen LogP contribution is -2.29. The Hall–Kier alpha value is -3.09. The predicted octanol–water partition coefficient (Wildman–Crippen LogP) is 6.43. The van der Waals surface area contributed by atoms with Crippen molar-refractivity contribution in [2.24, 2.45) is 0 Å². The van der Waals surface area contributed by atoms with Crippen molar-refractivity contribution in [3.63, 3.8) is 0 Å². The Morgan fingerprint density at radius 2 is 1.82 bits per heavy atom. The van der Waals surface area contributed by atoms with Crippen LogP contribution >= 0.6 is 22.9 Å². The zero-order chi connectivity index (χ0) is 23.7. The van der Waals surface area contributed by atoms with Crippen LogP contribution < -0.4 is 9.64 Å². The largest absolute Gasteiger partial charge is 0.507 e. The van der Waals surface area contributed by atoms with Crippen molar-refractivity contribution in [3.8, 4) is 5.75 Å². The second-order valence-corrected chi connectivity index (χ2v) is 9.33.